The third-order valence-corrected chi connectivity index (χ3v) is 16.0. The monoisotopic (exact) mass is 298 g/mol. The first-order valence-electron chi connectivity index (χ1n) is 5.60. The molecule has 0 nitrogen and oxygen atoms in total. The van der Waals surface area contributed by atoms with Gasteiger partial charge in [-0.2, -0.15) is 0 Å². The Morgan fingerprint density at radius 3 is 2.21 bits per heavy atom. The predicted molar refractivity (Wildman–Crippen MR) is 67.3 cm³/mol. The SMILES string of the molecule is CC[CH](C)[Sn]([CH3])([CH3])[CH2]c1ccccc1. The van der Waals surface area contributed by atoms with E-state index in [2.05, 4.69) is 54.1 Å². The van der Waals surface area contributed by atoms with E-state index in [4.69, 9.17) is 0 Å². The summed E-state index contributed by atoms with van der Waals surface area (Å²) in [6.07, 6.45) is 1.36. The zero-order chi connectivity index (χ0) is 10.6. The zero-order valence-corrected chi connectivity index (χ0v) is 12.7. The summed E-state index contributed by atoms with van der Waals surface area (Å²) in [4.78, 5) is 5.16. The van der Waals surface area contributed by atoms with Gasteiger partial charge in [0.1, 0.15) is 0 Å². The molecule has 1 aromatic carbocycles. The molecular weight excluding hydrogens is 275 g/mol. The van der Waals surface area contributed by atoms with Crippen molar-refractivity contribution in [2.75, 3.05) is 0 Å². The normalized spacial score (nSPS) is 14.0. The molecule has 0 spiro atoms. The minimum absolute atomic E-state index is 0.990. The van der Waals surface area contributed by atoms with E-state index in [0.29, 0.717) is 0 Å². The Morgan fingerprint density at radius 1 is 1.14 bits per heavy atom. The molecule has 0 aliphatic rings. The molecule has 0 bridgehead atoms. The number of benzene rings is 1. The second kappa shape index (κ2) is 5.20. The van der Waals surface area contributed by atoms with Crippen LogP contribution >= 0.6 is 0 Å². The first-order valence-corrected chi connectivity index (χ1v) is 15.0. The average molecular weight is 297 g/mol. The standard InChI is InChI=1S/C7H7.C4H9.2CH3.Sn/c1-7-5-3-2-4-6-7;1-3-4-2;;;/h2-6H,1H2;3H,4H2,1-2H3;2*1H3;. The molecule has 0 aliphatic carbocycles. The fourth-order valence-electron chi connectivity index (χ4n) is 1.85. The quantitative estimate of drug-likeness (QED) is 0.728. The van der Waals surface area contributed by atoms with Crippen LogP contribution in [0.15, 0.2) is 30.3 Å². The second-order valence-corrected chi connectivity index (χ2v) is 20.1. The maximum atomic E-state index is 2.58. The van der Waals surface area contributed by atoms with Gasteiger partial charge in [-0.25, -0.2) is 0 Å². The molecule has 0 saturated carbocycles. The van der Waals surface area contributed by atoms with Crippen molar-refractivity contribution in [2.45, 2.75) is 38.5 Å². The Morgan fingerprint density at radius 2 is 1.71 bits per heavy atom. The van der Waals surface area contributed by atoms with Crippen LogP contribution in [0, 0.1) is 0 Å². The van der Waals surface area contributed by atoms with Crippen molar-refractivity contribution < 1.29 is 0 Å². The number of hydrogen-bond acceptors (Lipinski definition) is 0. The molecular formula is C13H22Sn. The molecule has 78 valence electrons. The van der Waals surface area contributed by atoms with Gasteiger partial charge < -0.3 is 0 Å². The van der Waals surface area contributed by atoms with E-state index in [1.54, 1.807) is 5.56 Å². The summed E-state index contributed by atoms with van der Waals surface area (Å²) in [5, 5.41) is 0. The summed E-state index contributed by atoms with van der Waals surface area (Å²) in [6.45, 7) is 4.77. The molecule has 0 saturated heterocycles. The Labute approximate surface area is 92.6 Å². The van der Waals surface area contributed by atoms with Gasteiger partial charge in [-0.15, -0.1) is 0 Å². The molecule has 1 unspecified atom stereocenters. The van der Waals surface area contributed by atoms with Crippen LogP contribution in [0.4, 0.5) is 0 Å². The predicted octanol–water partition coefficient (Wildman–Crippen LogP) is 4.28. The van der Waals surface area contributed by atoms with Crippen molar-refractivity contribution in [1.29, 1.82) is 0 Å². The molecule has 0 aliphatic heterocycles. The van der Waals surface area contributed by atoms with E-state index in [1.165, 1.54) is 10.9 Å². The zero-order valence-electron chi connectivity index (χ0n) is 9.88. The molecule has 0 fully saturated rings. The van der Waals surface area contributed by atoms with Gasteiger partial charge in [0.05, 0.1) is 0 Å². The van der Waals surface area contributed by atoms with Crippen molar-refractivity contribution in [3.63, 3.8) is 0 Å². The van der Waals surface area contributed by atoms with Crippen molar-refractivity contribution in [3.8, 4) is 0 Å². The molecule has 0 aromatic heterocycles. The summed E-state index contributed by atoms with van der Waals surface area (Å²) in [7, 11) is 0. The van der Waals surface area contributed by atoms with Gasteiger partial charge in [-0.1, -0.05) is 0 Å². The van der Waals surface area contributed by atoms with Crippen LogP contribution in [0.2, 0.25) is 13.8 Å². The van der Waals surface area contributed by atoms with E-state index < -0.39 is 18.4 Å². The summed E-state index contributed by atoms with van der Waals surface area (Å²) >= 11 is -1.80. The summed E-state index contributed by atoms with van der Waals surface area (Å²) in [5.41, 5.74) is 1.55. The molecule has 14 heavy (non-hydrogen) atoms. The Balaban J connectivity index is 2.68. The Kier molecular flexibility index (Phi) is 4.49. The summed E-state index contributed by atoms with van der Waals surface area (Å²) in [5.74, 6) is 0. The van der Waals surface area contributed by atoms with E-state index in [9.17, 15) is 0 Å². The van der Waals surface area contributed by atoms with Crippen molar-refractivity contribution in [1.82, 2.24) is 0 Å². The van der Waals surface area contributed by atoms with Crippen LogP contribution in [0.1, 0.15) is 25.8 Å². The van der Waals surface area contributed by atoms with Crippen LogP contribution in [-0.2, 0) is 4.44 Å². The van der Waals surface area contributed by atoms with Gasteiger partial charge in [-0.3, -0.25) is 0 Å². The van der Waals surface area contributed by atoms with Crippen LogP contribution in [0.5, 0.6) is 0 Å². The third-order valence-electron chi connectivity index (χ3n) is 3.45. The first kappa shape index (κ1) is 12.1. The molecule has 1 rings (SSSR count). The van der Waals surface area contributed by atoms with Crippen LogP contribution in [-0.4, -0.2) is 18.4 Å². The van der Waals surface area contributed by atoms with Gasteiger partial charge in [0.2, 0.25) is 0 Å². The molecule has 1 heteroatoms. The third kappa shape index (κ3) is 3.30. The molecule has 1 atom stereocenters. The number of hydrogen-bond donors (Lipinski definition) is 0. The molecule has 0 heterocycles. The van der Waals surface area contributed by atoms with Gasteiger partial charge in [0.15, 0.2) is 0 Å². The van der Waals surface area contributed by atoms with E-state index >= 15 is 0 Å². The van der Waals surface area contributed by atoms with Crippen LogP contribution in [0.25, 0.3) is 0 Å². The summed E-state index contributed by atoms with van der Waals surface area (Å²) in [6, 6.07) is 11.0. The molecule has 0 radical (unpaired) electrons. The van der Waals surface area contributed by atoms with Crippen molar-refractivity contribution >= 4 is 18.4 Å². The number of rotatable bonds is 4. The molecule has 0 amide bonds. The van der Waals surface area contributed by atoms with Crippen molar-refractivity contribution in [3.05, 3.63) is 35.9 Å². The minimum atomic E-state index is -1.80. The first-order chi connectivity index (χ1) is 6.56. The van der Waals surface area contributed by atoms with E-state index in [1.807, 2.05) is 0 Å². The van der Waals surface area contributed by atoms with Crippen LogP contribution in [0.3, 0.4) is 0 Å². The van der Waals surface area contributed by atoms with Gasteiger partial charge in [0, 0.05) is 0 Å². The maximum absolute atomic E-state index is 2.58. The fraction of sp³-hybridized carbons (Fsp3) is 0.538. The molecule has 1 aromatic rings. The Hall–Kier alpha value is 0.0187. The van der Waals surface area contributed by atoms with Crippen LogP contribution < -0.4 is 0 Å². The van der Waals surface area contributed by atoms with E-state index in [0.717, 1.165) is 3.93 Å². The second-order valence-electron chi connectivity index (χ2n) is 4.96. The Bertz CT molecular complexity index is 264. The van der Waals surface area contributed by atoms with Gasteiger partial charge in [-0.05, 0) is 0 Å². The van der Waals surface area contributed by atoms with Gasteiger partial charge >= 0.3 is 92.8 Å². The van der Waals surface area contributed by atoms with Gasteiger partial charge in [0.25, 0.3) is 0 Å². The topological polar surface area (TPSA) is 0 Å². The average Bonchev–Trinajstić information content (AvgIpc) is 2.17. The fourth-order valence-corrected chi connectivity index (χ4v) is 9.67. The molecule has 0 N–H and O–H groups in total. The van der Waals surface area contributed by atoms with Crippen molar-refractivity contribution in [2.24, 2.45) is 0 Å². The van der Waals surface area contributed by atoms with E-state index in [-0.39, 0.29) is 0 Å². The summed E-state index contributed by atoms with van der Waals surface area (Å²) < 4.78 is 2.38.